The predicted octanol–water partition coefficient (Wildman–Crippen LogP) is 2.23. The number of nitrogens with zero attached hydrogens (tertiary/aromatic N) is 2. The summed E-state index contributed by atoms with van der Waals surface area (Å²) in [5, 5.41) is 2.91. The molecule has 0 saturated heterocycles. The van der Waals surface area contributed by atoms with Crippen molar-refractivity contribution in [2.24, 2.45) is 4.99 Å². The highest BCUT2D eigenvalue weighted by Gasteiger charge is 2.23. The van der Waals surface area contributed by atoms with Crippen LogP contribution in [0.2, 0.25) is 0 Å². The minimum Gasteiger partial charge on any atom is -0.294 e. The second-order valence-corrected chi connectivity index (χ2v) is 4.58. The molecular formula is C14H13N3O2. The summed E-state index contributed by atoms with van der Waals surface area (Å²) in [6.07, 6.45) is 0.941. The van der Waals surface area contributed by atoms with Crippen LogP contribution >= 0.6 is 0 Å². The zero-order valence-corrected chi connectivity index (χ0v) is 10.5. The van der Waals surface area contributed by atoms with Crippen LogP contribution in [0.15, 0.2) is 40.1 Å². The van der Waals surface area contributed by atoms with E-state index >= 15 is 0 Å². The molecule has 1 aliphatic heterocycles. The van der Waals surface area contributed by atoms with Gasteiger partial charge in [-0.05, 0) is 25.5 Å². The van der Waals surface area contributed by atoms with E-state index in [0.29, 0.717) is 24.3 Å². The SMILES string of the molecule is CC1=Nc2[nH]n(-c3ccccc3)c(=O)c2C(=O)CC1. The van der Waals surface area contributed by atoms with Crippen LogP contribution in [-0.2, 0) is 0 Å². The average molecular weight is 255 g/mol. The number of ketones is 1. The van der Waals surface area contributed by atoms with Crippen molar-refractivity contribution < 1.29 is 4.79 Å². The standard InChI is InChI=1S/C14H13N3O2/c1-9-7-8-11(18)12-13(15-9)16-17(14(12)19)10-5-3-2-4-6-10/h2-6,16H,7-8H2,1H3. The van der Waals surface area contributed by atoms with Gasteiger partial charge in [-0.1, -0.05) is 18.2 Å². The van der Waals surface area contributed by atoms with Crippen LogP contribution in [0.3, 0.4) is 0 Å². The summed E-state index contributed by atoms with van der Waals surface area (Å²) in [5.74, 6) is 0.223. The van der Waals surface area contributed by atoms with Gasteiger partial charge in [-0.3, -0.25) is 14.7 Å². The molecule has 0 atom stereocenters. The highest BCUT2D eigenvalue weighted by atomic mass is 16.2. The molecule has 0 saturated carbocycles. The molecule has 0 fully saturated rings. The first-order valence-electron chi connectivity index (χ1n) is 6.14. The third-order valence-electron chi connectivity index (χ3n) is 3.18. The first-order valence-corrected chi connectivity index (χ1v) is 6.14. The fraction of sp³-hybridized carbons (Fsp3) is 0.214. The second kappa shape index (κ2) is 4.35. The Morgan fingerprint density at radius 2 is 1.89 bits per heavy atom. The van der Waals surface area contributed by atoms with Crippen LogP contribution in [0.5, 0.6) is 0 Å². The van der Waals surface area contributed by atoms with Gasteiger partial charge in [0.1, 0.15) is 5.56 Å². The third kappa shape index (κ3) is 1.93. The van der Waals surface area contributed by atoms with Crippen molar-refractivity contribution in [2.45, 2.75) is 19.8 Å². The van der Waals surface area contributed by atoms with Crippen LogP contribution in [0.1, 0.15) is 30.1 Å². The number of aromatic amines is 1. The summed E-state index contributed by atoms with van der Waals surface area (Å²) in [6.45, 7) is 1.86. The molecule has 1 N–H and O–H groups in total. The fourth-order valence-electron chi connectivity index (χ4n) is 2.18. The van der Waals surface area contributed by atoms with Crippen molar-refractivity contribution in [3.05, 3.63) is 46.2 Å². The molecule has 0 amide bonds. The lowest BCUT2D eigenvalue weighted by Crippen LogP contribution is -2.20. The topological polar surface area (TPSA) is 67.2 Å². The summed E-state index contributed by atoms with van der Waals surface area (Å²) in [4.78, 5) is 28.7. The van der Waals surface area contributed by atoms with E-state index in [-0.39, 0.29) is 16.9 Å². The van der Waals surface area contributed by atoms with Gasteiger partial charge in [0.25, 0.3) is 5.56 Å². The first-order chi connectivity index (χ1) is 9.16. The normalized spacial score (nSPS) is 14.8. The zero-order valence-electron chi connectivity index (χ0n) is 10.5. The Bertz CT molecular complexity index is 723. The van der Waals surface area contributed by atoms with Crippen molar-refractivity contribution in [3.63, 3.8) is 0 Å². The number of H-pyrrole nitrogens is 1. The molecule has 2 aromatic rings. The number of benzene rings is 1. The van der Waals surface area contributed by atoms with Crippen LogP contribution in [0, 0.1) is 0 Å². The number of aromatic nitrogens is 2. The van der Waals surface area contributed by atoms with Gasteiger partial charge in [-0.25, -0.2) is 9.67 Å². The molecule has 0 aliphatic carbocycles. The van der Waals surface area contributed by atoms with Gasteiger partial charge in [0, 0.05) is 12.1 Å². The lowest BCUT2D eigenvalue weighted by Gasteiger charge is -2.00. The Hall–Kier alpha value is -2.43. The van der Waals surface area contributed by atoms with Crippen molar-refractivity contribution in [3.8, 4) is 5.69 Å². The van der Waals surface area contributed by atoms with Crippen molar-refractivity contribution in [1.82, 2.24) is 9.78 Å². The van der Waals surface area contributed by atoms with E-state index in [9.17, 15) is 9.59 Å². The number of aliphatic imine (C=N–C) groups is 1. The molecule has 0 unspecified atom stereocenters. The van der Waals surface area contributed by atoms with E-state index in [2.05, 4.69) is 10.1 Å². The number of para-hydroxylation sites is 1. The molecule has 0 radical (unpaired) electrons. The number of Topliss-reactive ketones (excluding diaryl/α,β-unsaturated/α-hetero) is 1. The van der Waals surface area contributed by atoms with E-state index in [0.717, 1.165) is 5.71 Å². The summed E-state index contributed by atoms with van der Waals surface area (Å²) < 4.78 is 1.37. The lowest BCUT2D eigenvalue weighted by molar-refractivity contribution is 0.0985. The van der Waals surface area contributed by atoms with Crippen LogP contribution < -0.4 is 5.56 Å². The highest BCUT2D eigenvalue weighted by Crippen LogP contribution is 2.21. The van der Waals surface area contributed by atoms with Crippen molar-refractivity contribution >= 4 is 17.3 Å². The molecule has 1 aliphatic rings. The highest BCUT2D eigenvalue weighted by molar-refractivity contribution is 6.04. The van der Waals surface area contributed by atoms with Crippen LogP contribution in [-0.4, -0.2) is 21.3 Å². The smallest absolute Gasteiger partial charge is 0.284 e. The Labute approximate surface area is 109 Å². The molecule has 1 aromatic carbocycles. The maximum absolute atomic E-state index is 12.3. The Morgan fingerprint density at radius 1 is 1.16 bits per heavy atom. The maximum Gasteiger partial charge on any atom is 0.284 e. The van der Waals surface area contributed by atoms with E-state index in [1.54, 1.807) is 12.1 Å². The van der Waals surface area contributed by atoms with Crippen LogP contribution in [0.4, 0.5) is 5.82 Å². The maximum atomic E-state index is 12.3. The number of hydrogen-bond acceptors (Lipinski definition) is 3. The van der Waals surface area contributed by atoms with Gasteiger partial charge in [-0.2, -0.15) is 0 Å². The van der Waals surface area contributed by atoms with Crippen molar-refractivity contribution in [1.29, 1.82) is 0 Å². The number of rotatable bonds is 1. The Balaban J connectivity index is 2.24. The van der Waals surface area contributed by atoms with E-state index in [1.807, 2.05) is 25.1 Å². The van der Waals surface area contributed by atoms with E-state index < -0.39 is 0 Å². The first kappa shape index (κ1) is 11.6. The summed E-state index contributed by atoms with van der Waals surface area (Å²) in [6, 6.07) is 9.15. The van der Waals surface area contributed by atoms with Gasteiger partial charge >= 0.3 is 0 Å². The van der Waals surface area contributed by atoms with Gasteiger partial charge in [0.05, 0.1) is 5.69 Å². The van der Waals surface area contributed by atoms with Gasteiger partial charge < -0.3 is 0 Å². The number of hydrogen-bond donors (Lipinski definition) is 1. The molecular weight excluding hydrogens is 242 g/mol. The lowest BCUT2D eigenvalue weighted by atomic mass is 10.1. The Kier molecular flexibility index (Phi) is 2.67. The predicted molar refractivity (Wildman–Crippen MR) is 72.7 cm³/mol. The average Bonchev–Trinajstić information content (AvgIpc) is 2.66. The molecule has 5 nitrogen and oxygen atoms in total. The van der Waals surface area contributed by atoms with Gasteiger partial charge in [-0.15, -0.1) is 0 Å². The summed E-state index contributed by atoms with van der Waals surface area (Å²) in [7, 11) is 0. The Morgan fingerprint density at radius 3 is 2.63 bits per heavy atom. The zero-order chi connectivity index (χ0) is 13.4. The molecule has 2 heterocycles. The molecule has 5 heteroatoms. The molecule has 0 spiro atoms. The molecule has 96 valence electrons. The molecule has 3 rings (SSSR count). The number of carbonyl (C=O) groups is 1. The number of nitrogens with one attached hydrogen (secondary N) is 1. The monoisotopic (exact) mass is 255 g/mol. The van der Waals surface area contributed by atoms with E-state index in [4.69, 9.17) is 0 Å². The molecule has 1 aromatic heterocycles. The summed E-state index contributed by atoms with van der Waals surface area (Å²) >= 11 is 0. The fourth-order valence-corrected chi connectivity index (χ4v) is 2.18. The van der Waals surface area contributed by atoms with Crippen LogP contribution in [0.25, 0.3) is 5.69 Å². The second-order valence-electron chi connectivity index (χ2n) is 4.58. The number of fused-ring (bicyclic) bond motifs is 1. The summed E-state index contributed by atoms with van der Waals surface area (Å²) in [5.41, 5.74) is 1.39. The molecule has 19 heavy (non-hydrogen) atoms. The third-order valence-corrected chi connectivity index (χ3v) is 3.18. The largest absolute Gasteiger partial charge is 0.294 e. The van der Waals surface area contributed by atoms with E-state index in [1.165, 1.54) is 4.68 Å². The van der Waals surface area contributed by atoms with Gasteiger partial charge in [0.2, 0.25) is 0 Å². The quantitative estimate of drug-likeness (QED) is 0.849. The van der Waals surface area contributed by atoms with Crippen molar-refractivity contribution in [2.75, 3.05) is 0 Å². The minimum absolute atomic E-state index is 0.147. The van der Waals surface area contributed by atoms with Gasteiger partial charge in [0.15, 0.2) is 11.6 Å². The number of carbonyl (C=O) groups excluding carboxylic acids is 1. The molecule has 0 bridgehead atoms. The minimum atomic E-state index is -0.329.